The Morgan fingerprint density at radius 3 is 2.96 bits per heavy atom. The first kappa shape index (κ1) is 16.0. The average Bonchev–Trinajstić information content (AvgIpc) is 3.15. The lowest BCUT2D eigenvalue weighted by Crippen LogP contribution is -2.18. The molecule has 2 atom stereocenters. The van der Waals surface area contributed by atoms with Crippen LogP contribution in [0.4, 0.5) is 0 Å². The van der Waals surface area contributed by atoms with Crippen molar-refractivity contribution < 1.29 is 23.8 Å². The summed E-state index contributed by atoms with van der Waals surface area (Å²) < 4.78 is 15.7. The smallest absolute Gasteiger partial charge is 0.196 e. The van der Waals surface area contributed by atoms with Crippen LogP contribution in [0.2, 0.25) is 0 Å². The molecule has 0 bridgehead atoms. The third-order valence-electron chi connectivity index (χ3n) is 4.28. The first-order valence-electron chi connectivity index (χ1n) is 7.68. The minimum Gasteiger partial charge on any atom is -0.469 e. The highest BCUT2D eigenvalue weighted by atomic mass is 16.6. The molecule has 0 amide bonds. The molecule has 3 rings (SSSR count). The fourth-order valence-electron chi connectivity index (χ4n) is 3.15. The van der Waals surface area contributed by atoms with Crippen LogP contribution >= 0.6 is 0 Å². The Balaban J connectivity index is 1.82. The molecule has 2 aromatic rings. The van der Waals surface area contributed by atoms with Gasteiger partial charge in [-0.15, -0.1) is 0 Å². The van der Waals surface area contributed by atoms with Crippen molar-refractivity contribution >= 4 is 5.78 Å². The highest BCUT2D eigenvalue weighted by molar-refractivity contribution is 6.00. The molecule has 1 aliphatic carbocycles. The summed E-state index contributed by atoms with van der Waals surface area (Å²) in [5, 5.41) is 10.2. The van der Waals surface area contributed by atoms with Crippen molar-refractivity contribution in [1.82, 2.24) is 4.98 Å². The maximum atomic E-state index is 12.5. The number of aromatic amines is 1. The summed E-state index contributed by atoms with van der Waals surface area (Å²) in [6.45, 7) is 2.51. The minimum atomic E-state index is -1.09. The second-order valence-corrected chi connectivity index (χ2v) is 5.78. The summed E-state index contributed by atoms with van der Waals surface area (Å²) in [6.07, 6.45) is 1.62. The number of aromatic nitrogens is 1. The van der Waals surface area contributed by atoms with Crippen LogP contribution in [0.25, 0.3) is 0 Å². The lowest BCUT2D eigenvalue weighted by atomic mass is 9.84. The van der Waals surface area contributed by atoms with Crippen LogP contribution in [0.1, 0.15) is 51.7 Å². The van der Waals surface area contributed by atoms with Gasteiger partial charge in [-0.25, -0.2) is 0 Å². The molecule has 0 saturated heterocycles. The molecule has 6 heteroatoms. The number of H-pyrrole nitrogens is 1. The summed E-state index contributed by atoms with van der Waals surface area (Å²) in [6, 6.07) is 3.72. The minimum absolute atomic E-state index is 0.0300. The maximum Gasteiger partial charge on any atom is 0.196 e. The second kappa shape index (κ2) is 6.70. The lowest BCUT2D eigenvalue weighted by molar-refractivity contribution is -0.115. The Morgan fingerprint density at radius 1 is 1.43 bits per heavy atom. The molecule has 0 spiro atoms. The van der Waals surface area contributed by atoms with Crippen molar-refractivity contribution in [2.75, 3.05) is 20.3 Å². The molecular formula is C17H21NO5. The van der Waals surface area contributed by atoms with E-state index in [1.54, 1.807) is 13.4 Å². The zero-order valence-electron chi connectivity index (χ0n) is 13.3. The standard InChI is InChI=1S/C17H21NO5/c1-10-15-12(18-16(10)17(20)23-7-6-21-2)8-11(9-13(15)19)14-4-3-5-22-14/h3-5,11,17-18,20H,6-9H2,1-2H3. The van der Waals surface area contributed by atoms with Crippen molar-refractivity contribution in [3.63, 3.8) is 0 Å². The summed E-state index contributed by atoms with van der Waals surface area (Å²) in [5.41, 5.74) is 2.81. The van der Waals surface area contributed by atoms with Gasteiger partial charge in [0.25, 0.3) is 0 Å². The van der Waals surface area contributed by atoms with Gasteiger partial charge in [-0.3, -0.25) is 4.79 Å². The average molecular weight is 319 g/mol. The van der Waals surface area contributed by atoms with E-state index in [0.29, 0.717) is 30.7 Å². The van der Waals surface area contributed by atoms with E-state index in [4.69, 9.17) is 13.9 Å². The van der Waals surface area contributed by atoms with Crippen molar-refractivity contribution in [3.8, 4) is 0 Å². The van der Waals surface area contributed by atoms with Gasteiger partial charge in [0.1, 0.15) is 5.76 Å². The predicted molar refractivity (Wildman–Crippen MR) is 82.4 cm³/mol. The largest absolute Gasteiger partial charge is 0.469 e. The topological polar surface area (TPSA) is 84.7 Å². The molecule has 2 N–H and O–H groups in total. The number of hydrogen-bond acceptors (Lipinski definition) is 5. The van der Waals surface area contributed by atoms with Crippen LogP contribution < -0.4 is 0 Å². The van der Waals surface area contributed by atoms with Crippen molar-refractivity contribution in [3.05, 3.63) is 46.7 Å². The molecule has 2 heterocycles. The number of ether oxygens (including phenoxy) is 2. The van der Waals surface area contributed by atoms with Gasteiger partial charge in [0.15, 0.2) is 12.1 Å². The van der Waals surface area contributed by atoms with E-state index in [9.17, 15) is 9.90 Å². The van der Waals surface area contributed by atoms with E-state index in [1.807, 2.05) is 19.1 Å². The van der Waals surface area contributed by atoms with Crippen molar-refractivity contribution in [2.24, 2.45) is 0 Å². The van der Waals surface area contributed by atoms with Crippen molar-refractivity contribution in [1.29, 1.82) is 0 Å². The van der Waals surface area contributed by atoms with Gasteiger partial charge in [-0.2, -0.15) is 0 Å². The summed E-state index contributed by atoms with van der Waals surface area (Å²) in [5.74, 6) is 0.911. The molecule has 124 valence electrons. The highest BCUT2D eigenvalue weighted by Gasteiger charge is 2.33. The number of nitrogens with one attached hydrogen (secondary N) is 1. The Morgan fingerprint density at radius 2 is 2.26 bits per heavy atom. The first-order chi connectivity index (χ1) is 11.1. The number of carbonyl (C=O) groups is 1. The van der Waals surface area contributed by atoms with E-state index in [2.05, 4.69) is 4.98 Å². The van der Waals surface area contributed by atoms with Gasteiger partial charge < -0.3 is 24.0 Å². The monoisotopic (exact) mass is 319 g/mol. The number of aliphatic hydroxyl groups is 1. The fourth-order valence-corrected chi connectivity index (χ4v) is 3.15. The number of furan rings is 1. The number of Topliss-reactive ketones (excluding diaryl/α,β-unsaturated/α-hetero) is 1. The Kier molecular flexibility index (Phi) is 4.66. The molecule has 0 saturated carbocycles. The van der Waals surface area contributed by atoms with E-state index in [1.165, 1.54) is 0 Å². The molecule has 2 aromatic heterocycles. The second-order valence-electron chi connectivity index (χ2n) is 5.78. The lowest BCUT2D eigenvalue weighted by Gasteiger charge is -2.19. The number of ketones is 1. The normalized spacial score (nSPS) is 18.9. The Hall–Kier alpha value is -1.89. The summed E-state index contributed by atoms with van der Waals surface area (Å²) >= 11 is 0. The predicted octanol–water partition coefficient (Wildman–Crippen LogP) is 2.48. The number of methoxy groups -OCH3 is 1. The molecule has 23 heavy (non-hydrogen) atoms. The third kappa shape index (κ3) is 3.10. The van der Waals surface area contributed by atoms with Crippen molar-refractivity contribution in [2.45, 2.75) is 32.0 Å². The number of carbonyl (C=O) groups excluding carboxylic acids is 1. The molecule has 0 fully saturated rings. The molecule has 6 nitrogen and oxygen atoms in total. The number of hydrogen-bond donors (Lipinski definition) is 2. The quantitative estimate of drug-likeness (QED) is 0.631. The van der Waals surface area contributed by atoms with Gasteiger partial charge in [-0.1, -0.05) is 0 Å². The number of rotatable bonds is 6. The third-order valence-corrected chi connectivity index (χ3v) is 4.28. The molecule has 1 aliphatic rings. The van der Waals surface area contributed by atoms with Crippen LogP contribution in [0.5, 0.6) is 0 Å². The molecule has 0 radical (unpaired) electrons. The van der Waals surface area contributed by atoms with E-state index in [-0.39, 0.29) is 18.3 Å². The summed E-state index contributed by atoms with van der Waals surface area (Å²) in [4.78, 5) is 15.7. The highest BCUT2D eigenvalue weighted by Crippen LogP contribution is 2.36. The van der Waals surface area contributed by atoms with Gasteiger partial charge in [0.05, 0.1) is 25.2 Å². The molecule has 2 unspecified atom stereocenters. The van der Waals surface area contributed by atoms with Crippen LogP contribution in [0.3, 0.4) is 0 Å². The van der Waals surface area contributed by atoms with Crippen LogP contribution in [0.15, 0.2) is 22.8 Å². The summed E-state index contributed by atoms with van der Waals surface area (Å²) in [7, 11) is 1.57. The van der Waals surface area contributed by atoms with Gasteiger partial charge in [-0.05, 0) is 31.0 Å². The number of fused-ring (bicyclic) bond motifs is 1. The maximum absolute atomic E-state index is 12.5. The van der Waals surface area contributed by atoms with E-state index >= 15 is 0 Å². The van der Waals surface area contributed by atoms with Gasteiger partial charge >= 0.3 is 0 Å². The molecule has 0 aliphatic heterocycles. The first-order valence-corrected chi connectivity index (χ1v) is 7.68. The fraction of sp³-hybridized carbons (Fsp3) is 0.471. The van der Waals surface area contributed by atoms with Crippen LogP contribution in [0, 0.1) is 6.92 Å². The Bertz CT molecular complexity index is 673. The molecular weight excluding hydrogens is 298 g/mol. The van der Waals surface area contributed by atoms with E-state index in [0.717, 1.165) is 17.0 Å². The Labute approximate surface area is 134 Å². The van der Waals surface area contributed by atoms with E-state index < -0.39 is 6.29 Å². The van der Waals surface area contributed by atoms with Gasteiger partial charge in [0.2, 0.25) is 0 Å². The van der Waals surface area contributed by atoms with Crippen LogP contribution in [-0.4, -0.2) is 36.2 Å². The molecule has 0 aromatic carbocycles. The SMILES string of the molecule is COCCOC(O)c1[nH]c2c(c1C)C(=O)CC(c1ccco1)C2. The number of aliphatic hydroxyl groups excluding tert-OH is 1. The van der Waals surface area contributed by atoms with Crippen LogP contribution in [-0.2, 0) is 15.9 Å². The zero-order valence-corrected chi connectivity index (χ0v) is 13.3. The zero-order chi connectivity index (χ0) is 16.4. The van der Waals surface area contributed by atoms with Gasteiger partial charge in [0, 0.05) is 30.7 Å².